The van der Waals surface area contributed by atoms with Crippen LogP contribution in [0, 0.1) is 0 Å². The van der Waals surface area contributed by atoms with Crippen LogP contribution in [0.3, 0.4) is 0 Å². The number of hydrogen-bond donors (Lipinski definition) is 0. The molecular formula is C33H22O. The summed E-state index contributed by atoms with van der Waals surface area (Å²) in [6.45, 7) is 0. The SMILES string of the molecule is C1=C2C(=CCC1)C1(c3ccccc32)c2ccc3ccccc3c2Oc2c1ccc1ccccc21. The van der Waals surface area contributed by atoms with Crippen molar-refractivity contribution in [2.24, 2.45) is 0 Å². The first kappa shape index (κ1) is 18.3. The minimum atomic E-state index is -0.375. The van der Waals surface area contributed by atoms with Crippen LogP contribution in [0.25, 0.3) is 27.1 Å². The van der Waals surface area contributed by atoms with Gasteiger partial charge in [0.1, 0.15) is 11.5 Å². The summed E-state index contributed by atoms with van der Waals surface area (Å²) in [7, 11) is 0. The first-order chi connectivity index (χ1) is 16.9. The van der Waals surface area contributed by atoms with Gasteiger partial charge in [-0.3, -0.25) is 0 Å². The molecule has 8 rings (SSSR count). The molecule has 0 fully saturated rings. The zero-order valence-corrected chi connectivity index (χ0v) is 18.7. The van der Waals surface area contributed by atoms with Crippen LogP contribution in [0.2, 0.25) is 0 Å². The van der Waals surface area contributed by atoms with E-state index in [1.165, 1.54) is 54.9 Å². The molecule has 0 unspecified atom stereocenters. The molecule has 2 aliphatic carbocycles. The molecule has 1 spiro atoms. The molecule has 5 aromatic carbocycles. The van der Waals surface area contributed by atoms with Gasteiger partial charge in [-0.2, -0.15) is 0 Å². The van der Waals surface area contributed by atoms with Crippen molar-refractivity contribution < 1.29 is 4.74 Å². The maximum absolute atomic E-state index is 6.94. The molecule has 34 heavy (non-hydrogen) atoms. The third-order valence-electron chi connectivity index (χ3n) is 7.95. The normalized spacial score (nSPS) is 16.8. The maximum Gasteiger partial charge on any atom is 0.140 e. The van der Waals surface area contributed by atoms with Gasteiger partial charge in [-0.1, -0.05) is 109 Å². The van der Waals surface area contributed by atoms with Crippen molar-refractivity contribution in [1.82, 2.24) is 0 Å². The van der Waals surface area contributed by atoms with Crippen LogP contribution in [0.1, 0.15) is 35.1 Å². The van der Waals surface area contributed by atoms with Gasteiger partial charge in [-0.25, -0.2) is 0 Å². The Hall–Kier alpha value is -4.10. The molecule has 1 aliphatic heterocycles. The summed E-state index contributed by atoms with van der Waals surface area (Å²) in [4.78, 5) is 0. The lowest BCUT2D eigenvalue weighted by Crippen LogP contribution is -2.32. The van der Waals surface area contributed by atoms with Gasteiger partial charge in [-0.15, -0.1) is 0 Å². The second kappa shape index (κ2) is 6.48. The van der Waals surface area contributed by atoms with E-state index in [0.29, 0.717) is 0 Å². The number of hydrogen-bond acceptors (Lipinski definition) is 1. The number of benzene rings is 5. The average molecular weight is 435 g/mol. The van der Waals surface area contributed by atoms with Crippen LogP contribution in [-0.4, -0.2) is 0 Å². The van der Waals surface area contributed by atoms with Crippen LogP contribution in [0.5, 0.6) is 11.5 Å². The predicted octanol–water partition coefficient (Wildman–Crippen LogP) is 8.55. The lowest BCUT2D eigenvalue weighted by Gasteiger charge is -2.41. The van der Waals surface area contributed by atoms with Gasteiger partial charge >= 0.3 is 0 Å². The molecule has 1 heterocycles. The summed E-state index contributed by atoms with van der Waals surface area (Å²) >= 11 is 0. The average Bonchev–Trinajstić information content (AvgIpc) is 3.20. The van der Waals surface area contributed by atoms with E-state index in [2.05, 4.69) is 109 Å². The molecule has 1 nitrogen and oxygen atoms in total. The first-order valence-electron chi connectivity index (χ1n) is 12.1. The Kier molecular flexibility index (Phi) is 3.50. The second-order valence-corrected chi connectivity index (χ2v) is 9.54. The summed E-state index contributed by atoms with van der Waals surface area (Å²) in [5.41, 5.74) is 7.65. The molecular weight excluding hydrogens is 412 g/mol. The smallest absolute Gasteiger partial charge is 0.140 e. The van der Waals surface area contributed by atoms with Gasteiger partial charge in [0, 0.05) is 21.9 Å². The van der Waals surface area contributed by atoms with Crippen molar-refractivity contribution in [2.45, 2.75) is 18.3 Å². The van der Waals surface area contributed by atoms with Crippen LogP contribution in [-0.2, 0) is 5.41 Å². The minimum Gasteiger partial charge on any atom is -0.455 e. The van der Waals surface area contributed by atoms with E-state index in [-0.39, 0.29) is 5.41 Å². The molecule has 0 N–H and O–H groups in total. The van der Waals surface area contributed by atoms with Crippen LogP contribution in [0.4, 0.5) is 0 Å². The fourth-order valence-electron chi connectivity index (χ4n) is 6.60. The molecule has 0 amide bonds. The largest absolute Gasteiger partial charge is 0.455 e. The van der Waals surface area contributed by atoms with Gasteiger partial charge in [0.05, 0.1) is 5.41 Å². The molecule has 3 aliphatic rings. The van der Waals surface area contributed by atoms with Gasteiger partial charge < -0.3 is 4.74 Å². The molecule has 0 atom stereocenters. The highest BCUT2D eigenvalue weighted by molar-refractivity contribution is 6.02. The quantitative estimate of drug-likeness (QED) is 0.237. The Labute approximate surface area is 198 Å². The van der Waals surface area contributed by atoms with Gasteiger partial charge in [0.15, 0.2) is 0 Å². The van der Waals surface area contributed by atoms with Crippen LogP contribution >= 0.6 is 0 Å². The van der Waals surface area contributed by atoms with Crippen LogP contribution in [0.15, 0.2) is 115 Å². The molecule has 0 saturated carbocycles. The van der Waals surface area contributed by atoms with E-state index in [4.69, 9.17) is 4.74 Å². The Bertz CT molecular complexity index is 1650. The topological polar surface area (TPSA) is 9.23 Å². The number of ether oxygens (including phenoxy) is 1. The second-order valence-electron chi connectivity index (χ2n) is 9.54. The molecule has 0 aromatic heterocycles. The van der Waals surface area contributed by atoms with Crippen molar-refractivity contribution in [1.29, 1.82) is 0 Å². The first-order valence-corrected chi connectivity index (χ1v) is 12.1. The summed E-state index contributed by atoms with van der Waals surface area (Å²) in [5.74, 6) is 1.98. The zero-order chi connectivity index (χ0) is 22.3. The van der Waals surface area contributed by atoms with Crippen molar-refractivity contribution >= 4 is 27.1 Å². The summed E-state index contributed by atoms with van der Waals surface area (Å²) < 4.78 is 6.94. The highest BCUT2D eigenvalue weighted by atomic mass is 16.5. The Morgan fingerprint density at radius 2 is 1.12 bits per heavy atom. The predicted molar refractivity (Wildman–Crippen MR) is 140 cm³/mol. The van der Waals surface area contributed by atoms with Gasteiger partial charge in [-0.05, 0) is 45.9 Å². The third-order valence-corrected chi connectivity index (χ3v) is 7.95. The summed E-state index contributed by atoms with van der Waals surface area (Å²) in [5, 5.41) is 4.76. The molecule has 160 valence electrons. The van der Waals surface area contributed by atoms with E-state index < -0.39 is 0 Å². The number of fused-ring (bicyclic) bond motifs is 13. The van der Waals surface area contributed by atoms with Gasteiger partial charge in [0.25, 0.3) is 0 Å². The summed E-state index contributed by atoms with van der Waals surface area (Å²) in [6, 6.07) is 35.3. The van der Waals surface area contributed by atoms with Gasteiger partial charge in [0.2, 0.25) is 0 Å². The van der Waals surface area contributed by atoms with Crippen molar-refractivity contribution in [3.8, 4) is 11.5 Å². The summed E-state index contributed by atoms with van der Waals surface area (Å²) in [6.07, 6.45) is 7.09. The van der Waals surface area contributed by atoms with Crippen molar-refractivity contribution in [2.75, 3.05) is 0 Å². The lowest BCUT2D eigenvalue weighted by atomic mass is 9.64. The fourth-order valence-corrected chi connectivity index (χ4v) is 6.60. The van der Waals surface area contributed by atoms with Crippen molar-refractivity contribution in [3.63, 3.8) is 0 Å². The van der Waals surface area contributed by atoms with E-state index >= 15 is 0 Å². The monoisotopic (exact) mass is 434 g/mol. The highest BCUT2D eigenvalue weighted by Crippen LogP contribution is 2.65. The minimum absolute atomic E-state index is 0.375. The maximum atomic E-state index is 6.94. The highest BCUT2D eigenvalue weighted by Gasteiger charge is 2.53. The Morgan fingerprint density at radius 1 is 0.529 bits per heavy atom. The van der Waals surface area contributed by atoms with Crippen molar-refractivity contribution in [3.05, 3.63) is 137 Å². The molecule has 1 heteroatoms. The van der Waals surface area contributed by atoms with E-state index in [0.717, 1.165) is 24.3 Å². The standard InChI is InChI=1S/C33H22O/c1-3-11-23-21(9-1)17-19-29-31(23)34-32-24-12-4-2-10-22(24)18-20-30(32)33(29)27-15-7-5-13-25(27)26-14-6-8-16-28(26)33/h1-5,7,9-20H,6,8H2. The third kappa shape index (κ3) is 2.11. The van der Waals surface area contributed by atoms with E-state index in [1.54, 1.807) is 0 Å². The molecule has 0 bridgehead atoms. The lowest BCUT2D eigenvalue weighted by molar-refractivity contribution is 0.447. The van der Waals surface area contributed by atoms with E-state index in [9.17, 15) is 0 Å². The molecule has 0 saturated heterocycles. The molecule has 5 aromatic rings. The number of allylic oxidation sites excluding steroid dienone is 4. The Morgan fingerprint density at radius 3 is 1.82 bits per heavy atom. The number of rotatable bonds is 0. The zero-order valence-electron chi connectivity index (χ0n) is 18.7. The van der Waals surface area contributed by atoms with E-state index in [1.807, 2.05) is 0 Å². The molecule has 0 radical (unpaired) electrons. The Balaban J connectivity index is 1.61. The fraction of sp³-hybridized carbons (Fsp3) is 0.0909. The van der Waals surface area contributed by atoms with Crippen LogP contribution < -0.4 is 4.74 Å².